The summed E-state index contributed by atoms with van der Waals surface area (Å²) in [5.41, 5.74) is 0. The Kier molecular flexibility index (Phi) is 5.67. The van der Waals surface area contributed by atoms with E-state index in [9.17, 15) is 0 Å². The highest BCUT2D eigenvalue weighted by Crippen LogP contribution is 2.32. The Morgan fingerprint density at radius 1 is 1.10 bits per heavy atom. The van der Waals surface area contributed by atoms with E-state index >= 15 is 0 Å². The molecule has 0 saturated heterocycles. The molecule has 0 radical (unpaired) electrons. The SMILES string of the molecule is COCCc1nc(C2CCCC2)nc(N(C)COC)n1. The van der Waals surface area contributed by atoms with E-state index in [1.807, 2.05) is 11.9 Å². The van der Waals surface area contributed by atoms with Crippen LogP contribution >= 0.6 is 0 Å². The van der Waals surface area contributed by atoms with Gasteiger partial charge >= 0.3 is 0 Å². The Bertz CT molecular complexity index is 422. The number of methoxy groups -OCH3 is 2. The van der Waals surface area contributed by atoms with Crippen molar-refractivity contribution in [3.63, 3.8) is 0 Å². The van der Waals surface area contributed by atoms with E-state index in [0.29, 0.717) is 31.6 Å². The molecule has 0 amide bonds. The third-order valence-electron chi connectivity index (χ3n) is 3.60. The molecule has 1 heterocycles. The fraction of sp³-hybridized carbons (Fsp3) is 0.786. The number of ether oxygens (including phenoxy) is 2. The number of hydrogen-bond acceptors (Lipinski definition) is 6. The minimum atomic E-state index is 0.470. The smallest absolute Gasteiger partial charge is 0.230 e. The molecular formula is C14H24N4O2. The summed E-state index contributed by atoms with van der Waals surface area (Å²) in [6.45, 7) is 1.10. The minimum absolute atomic E-state index is 0.470. The summed E-state index contributed by atoms with van der Waals surface area (Å²) in [7, 11) is 5.29. The van der Waals surface area contributed by atoms with Gasteiger partial charge in [0.25, 0.3) is 0 Å². The molecule has 0 aliphatic heterocycles. The van der Waals surface area contributed by atoms with Gasteiger partial charge in [-0.15, -0.1) is 0 Å². The summed E-state index contributed by atoms with van der Waals surface area (Å²) in [6.07, 6.45) is 5.62. The van der Waals surface area contributed by atoms with Crippen LogP contribution in [0.4, 0.5) is 5.95 Å². The molecule has 0 spiro atoms. The van der Waals surface area contributed by atoms with Crippen LogP contribution in [0.3, 0.4) is 0 Å². The minimum Gasteiger partial charge on any atom is -0.384 e. The second-order valence-corrected chi connectivity index (χ2v) is 5.25. The normalized spacial score (nSPS) is 15.8. The van der Waals surface area contributed by atoms with Gasteiger partial charge in [0.05, 0.1) is 6.61 Å². The lowest BCUT2D eigenvalue weighted by molar-refractivity contribution is 0.198. The highest BCUT2D eigenvalue weighted by atomic mass is 16.5. The first-order valence-electron chi connectivity index (χ1n) is 7.18. The van der Waals surface area contributed by atoms with Gasteiger partial charge in [-0.1, -0.05) is 12.8 Å². The van der Waals surface area contributed by atoms with Gasteiger partial charge in [-0.3, -0.25) is 0 Å². The topological polar surface area (TPSA) is 60.4 Å². The van der Waals surface area contributed by atoms with E-state index < -0.39 is 0 Å². The molecule has 1 aromatic heterocycles. The Balaban J connectivity index is 2.22. The van der Waals surface area contributed by atoms with E-state index in [-0.39, 0.29) is 0 Å². The average Bonchev–Trinajstić information content (AvgIpc) is 2.99. The van der Waals surface area contributed by atoms with Crippen molar-refractivity contribution in [1.29, 1.82) is 0 Å². The first-order valence-corrected chi connectivity index (χ1v) is 7.18. The molecular weight excluding hydrogens is 256 g/mol. The van der Waals surface area contributed by atoms with Crippen molar-refractivity contribution in [2.24, 2.45) is 0 Å². The predicted octanol–water partition coefficient (Wildman–Crippen LogP) is 1.76. The third kappa shape index (κ3) is 3.86. The van der Waals surface area contributed by atoms with Crippen molar-refractivity contribution in [3.05, 3.63) is 11.6 Å². The molecule has 20 heavy (non-hydrogen) atoms. The zero-order chi connectivity index (χ0) is 14.4. The van der Waals surface area contributed by atoms with Crippen LogP contribution < -0.4 is 4.90 Å². The van der Waals surface area contributed by atoms with Crippen molar-refractivity contribution in [1.82, 2.24) is 15.0 Å². The molecule has 1 aliphatic carbocycles. The quantitative estimate of drug-likeness (QED) is 0.709. The van der Waals surface area contributed by atoms with E-state index in [1.54, 1.807) is 14.2 Å². The van der Waals surface area contributed by atoms with Crippen molar-refractivity contribution in [3.8, 4) is 0 Å². The van der Waals surface area contributed by atoms with Crippen LogP contribution in [0.1, 0.15) is 43.3 Å². The van der Waals surface area contributed by atoms with Crippen molar-refractivity contribution in [2.45, 2.75) is 38.0 Å². The Morgan fingerprint density at radius 2 is 1.85 bits per heavy atom. The molecule has 6 nitrogen and oxygen atoms in total. The first-order chi connectivity index (χ1) is 9.74. The van der Waals surface area contributed by atoms with Crippen LogP contribution in [-0.2, 0) is 15.9 Å². The van der Waals surface area contributed by atoms with Crippen LogP contribution in [0.25, 0.3) is 0 Å². The van der Waals surface area contributed by atoms with Crippen molar-refractivity contribution >= 4 is 5.95 Å². The maximum Gasteiger partial charge on any atom is 0.230 e. The molecule has 1 saturated carbocycles. The average molecular weight is 280 g/mol. The van der Waals surface area contributed by atoms with E-state index in [0.717, 1.165) is 11.6 Å². The number of aromatic nitrogens is 3. The van der Waals surface area contributed by atoms with Crippen LogP contribution in [-0.4, -0.2) is 49.6 Å². The Labute approximate surface area is 120 Å². The molecule has 112 valence electrons. The summed E-state index contributed by atoms with van der Waals surface area (Å²) >= 11 is 0. The lowest BCUT2D eigenvalue weighted by Crippen LogP contribution is -2.24. The Morgan fingerprint density at radius 3 is 2.50 bits per heavy atom. The molecule has 6 heteroatoms. The zero-order valence-corrected chi connectivity index (χ0v) is 12.6. The second kappa shape index (κ2) is 7.50. The highest BCUT2D eigenvalue weighted by Gasteiger charge is 2.22. The molecule has 0 aromatic carbocycles. The molecule has 0 N–H and O–H groups in total. The van der Waals surface area contributed by atoms with Gasteiger partial charge in [-0.05, 0) is 12.8 Å². The number of anilines is 1. The second-order valence-electron chi connectivity index (χ2n) is 5.25. The highest BCUT2D eigenvalue weighted by molar-refractivity contribution is 5.28. The summed E-state index contributed by atoms with van der Waals surface area (Å²) in [5, 5.41) is 0. The van der Waals surface area contributed by atoms with Gasteiger partial charge < -0.3 is 14.4 Å². The fourth-order valence-corrected chi connectivity index (χ4v) is 2.52. The Hall–Kier alpha value is -1.27. The summed E-state index contributed by atoms with van der Waals surface area (Å²) < 4.78 is 10.3. The van der Waals surface area contributed by atoms with Crippen molar-refractivity contribution < 1.29 is 9.47 Å². The number of hydrogen-bond donors (Lipinski definition) is 0. The zero-order valence-electron chi connectivity index (χ0n) is 12.6. The molecule has 1 aliphatic rings. The first kappa shape index (κ1) is 15.1. The maximum atomic E-state index is 5.15. The number of nitrogens with zero attached hydrogens (tertiary/aromatic N) is 4. The van der Waals surface area contributed by atoms with Crippen LogP contribution in [0.5, 0.6) is 0 Å². The van der Waals surface area contributed by atoms with Gasteiger partial charge in [0.1, 0.15) is 18.4 Å². The lowest BCUT2D eigenvalue weighted by Gasteiger charge is -2.18. The monoisotopic (exact) mass is 280 g/mol. The maximum absolute atomic E-state index is 5.15. The standard InChI is InChI=1S/C14H24N4O2/c1-18(10-20-3)14-16-12(8-9-19-2)15-13(17-14)11-6-4-5-7-11/h11H,4-10H2,1-3H3. The van der Waals surface area contributed by atoms with Gasteiger partial charge in [-0.25, -0.2) is 4.98 Å². The molecule has 1 fully saturated rings. The largest absolute Gasteiger partial charge is 0.384 e. The summed E-state index contributed by atoms with van der Waals surface area (Å²) in [5.74, 6) is 2.91. The predicted molar refractivity (Wildman–Crippen MR) is 76.9 cm³/mol. The summed E-state index contributed by atoms with van der Waals surface area (Å²) in [6, 6.07) is 0. The molecule has 0 bridgehead atoms. The van der Waals surface area contributed by atoms with Gasteiger partial charge in [0.15, 0.2) is 0 Å². The van der Waals surface area contributed by atoms with E-state index in [4.69, 9.17) is 9.47 Å². The van der Waals surface area contributed by atoms with Crippen LogP contribution in [0.15, 0.2) is 0 Å². The van der Waals surface area contributed by atoms with Gasteiger partial charge in [-0.2, -0.15) is 9.97 Å². The number of rotatable bonds is 7. The molecule has 2 rings (SSSR count). The van der Waals surface area contributed by atoms with Crippen molar-refractivity contribution in [2.75, 3.05) is 39.5 Å². The molecule has 1 aromatic rings. The van der Waals surface area contributed by atoms with Crippen LogP contribution in [0.2, 0.25) is 0 Å². The van der Waals surface area contributed by atoms with Gasteiger partial charge in [0.2, 0.25) is 5.95 Å². The van der Waals surface area contributed by atoms with E-state index in [1.165, 1.54) is 25.7 Å². The molecule has 0 atom stereocenters. The fourth-order valence-electron chi connectivity index (χ4n) is 2.52. The van der Waals surface area contributed by atoms with E-state index in [2.05, 4.69) is 15.0 Å². The molecule has 0 unspecified atom stereocenters. The van der Waals surface area contributed by atoms with Gasteiger partial charge in [0, 0.05) is 33.6 Å². The summed E-state index contributed by atoms with van der Waals surface area (Å²) in [4.78, 5) is 15.7. The van der Waals surface area contributed by atoms with Crippen LogP contribution in [0, 0.1) is 0 Å². The lowest BCUT2D eigenvalue weighted by atomic mass is 10.1. The third-order valence-corrected chi connectivity index (χ3v) is 3.60.